The molecule has 3 N–H and O–H groups in total. The van der Waals surface area contributed by atoms with E-state index in [9.17, 15) is 9.59 Å². The van der Waals surface area contributed by atoms with Gasteiger partial charge in [0, 0.05) is 5.56 Å². The van der Waals surface area contributed by atoms with Gasteiger partial charge < -0.3 is 15.5 Å². The number of aromatic nitrogens is 3. The number of rotatable bonds is 8. The molecule has 28 heavy (non-hydrogen) atoms. The predicted octanol–water partition coefficient (Wildman–Crippen LogP) is 2.30. The van der Waals surface area contributed by atoms with Crippen LogP contribution in [0.2, 0.25) is 0 Å². The molecule has 8 nitrogen and oxygen atoms in total. The summed E-state index contributed by atoms with van der Waals surface area (Å²) in [5.74, 6) is 0.646. The Kier molecular flexibility index (Phi) is 6.15. The van der Waals surface area contributed by atoms with Gasteiger partial charge in [-0.25, -0.2) is 0 Å². The summed E-state index contributed by atoms with van der Waals surface area (Å²) < 4.78 is 6.91. The number of carbonyl (C=O) groups excluding carboxylic acids is 2. The van der Waals surface area contributed by atoms with Crippen molar-refractivity contribution in [2.45, 2.75) is 31.6 Å². The number of primary amides is 1. The Morgan fingerprint density at radius 2 is 2.11 bits per heavy atom. The van der Waals surface area contributed by atoms with Crippen molar-refractivity contribution in [2.24, 2.45) is 5.73 Å². The molecule has 1 atom stereocenters. The molecule has 0 aliphatic carbocycles. The molecule has 2 amide bonds. The summed E-state index contributed by atoms with van der Waals surface area (Å²) in [6.45, 7) is 3.74. The summed E-state index contributed by atoms with van der Waals surface area (Å²) in [6.07, 6.45) is 1.56. The van der Waals surface area contributed by atoms with E-state index in [-0.39, 0.29) is 24.2 Å². The van der Waals surface area contributed by atoms with Crippen molar-refractivity contribution in [3.8, 4) is 11.4 Å². The van der Waals surface area contributed by atoms with Gasteiger partial charge in [-0.3, -0.25) is 14.2 Å². The Morgan fingerprint density at radius 1 is 1.29 bits per heavy atom. The number of hydrogen-bond donors (Lipinski definition) is 2. The minimum Gasteiger partial charge on any atom is -0.467 e. The first-order valence-electron chi connectivity index (χ1n) is 8.68. The number of furan rings is 1. The number of thioether (sulfide) groups is 1. The molecule has 0 aliphatic rings. The molecule has 3 aromatic rings. The number of nitrogens with one attached hydrogen (secondary N) is 1. The molecule has 2 aromatic heterocycles. The standard InChI is InChI=1S/C19H21N5O3S/c1-12-5-3-6-14(9-12)18-22-23-19(24(18)10-16(20)25)28-11-17(26)21-13(2)15-7-4-8-27-15/h3-9,13H,10-11H2,1-2H3,(H2,20,25)(H,21,26)/t13-/m1/s1. The topological polar surface area (TPSA) is 116 Å². The van der Waals surface area contributed by atoms with Gasteiger partial charge in [-0.1, -0.05) is 35.5 Å². The zero-order chi connectivity index (χ0) is 20.1. The molecule has 9 heteroatoms. The first-order chi connectivity index (χ1) is 13.4. The third-order valence-electron chi connectivity index (χ3n) is 3.99. The average molecular weight is 399 g/mol. The molecule has 0 spiro atoms. The molecule has 0 radical (unpaired) electrons. The van der Waals surface area contributed by atoms with Gasteiger partial charge in [-0.15, -0.1) is 10.2 Å². The highest BCUT2D eigenvalue weighted by Crippen LogP contribution is 2.24. The number of nitrogens with zero attached hydrogens (tertiary/aromatic N) is 3. The van der Waals surface area contributed by atoms with Crippen LogP contribution in [0.25, 0.3) is 11.4 Å². The molecule has 2 heterocycles. The van der Waals surface area contributed by atoms with Crippen LogP contribution < -0.4 is 11.1 Å². The first kappa shape index (κ1) is 19.7. The minimum atomic E-state index is -0.508. The fourth-order valence-corrected chi connectivity index (χ4v) is 3.46. The van der Waals surface area contributed by atoms with E-state index in [0.29, 0.717) is 16.7 Å². The summed E-state index contributed by atoms with van der Waals surface area (Å²) in [6, 6.07) is 11.0. The second kappa shape index (κ2) is 8.75. The minimum absolute atomic E-state index is 0.0664. The summed E-state index contributed by atoms with van der Waals surface area (Å²) in [5.41, 5.74) is 7.28. The maximum atomic E-state index is 12.3. The van der Waals surface area contributed by atoms with E-state index in [1.54, 1.807) is 23.0 Å². The normalized spacial score (nSPS) is 11.9. The quantitative estimate of drug-likeness (QED) is 0.562. The number of benzene rings is 1. The van der Waals surface area contributed by atoms with Gasteiger partial charge in [-0.2, -0.15) is 0 Å². The maximum absolute atomic E-state index is 12.3. The van der Waals surface area contributed by atoms with Gasteiger partial charge in [-0.05, 0) is 32.0 Å². The molecule has 1 aromatic carbocycles. The molecule has 0 fully saturated rings. The lowest BCUT2D eigenvalue weighted by molar-refractivity contribution is -0.119. The van der Waals surface area contributed by atoms with Crippen molar-refractivity contribution < 1.29 is 14.0 Å². The van der Waals surface area contributed by atoms with Crippen LogP contribution in [0.5, 0.6) is 0 Å². The van der Waals surface area contributed by atoms with Gasteiger partial charge in [0.05, 0.1) is 18.1 Å². The highest BCUT2D eigenvalue weighted by Gasteiger charge is 2.18. The van der Waals surface area contributed by atoms with Crippen LogP contribution in [0.4, 0.5) is 0 Å². The van der Waals surface area contributed by atoms with E-state index >= 15 is 0 Å². The van der Waals surface area contributed by atoms with Gasteiger partial charge >= 0.3 is 0 Å². The Hall–Kier alpha value is -3.07. The highest BCUT2D eigenvalue weighted by atomic mass is 32.2. The first-order valence-corrected chi connectivity index (χ1v) is 9.66. The lowest BCUT2D eigenvalue weighted by atomic mass is 10.1. The van der Waals surface area contributed by atoms with Crippen LogP contribution in [-0.4, -0.2) is 32.3 Å². The van der Waals surface area contributed by atoms with Crippen LogP contribution in [0.1, 0.15) is 24.3 Å². The monoisotopic (exact) mass is 399 g/mol. The third kappa shape index (κ3) is 4.80. The molecule has 0 unspecified atom stereocenters. The highest BCUT2D eigenvalue weighted by molar-refractivity contribution is 7.99. The zero-order valence-corrected chi connectivity index (χ0v) is 16.4. The van der Waals surface area contributed by atoms with E-state index in [4.69, 9.17) is 10.2 Å². The van der Waals surface area contributed by atoms with Crippen LogP contribution >= 0.6 is 11.8 Å². The van der Waals surface area contributed by atoms with E-state index < -0.39 is 5.91 Å². The number of hydrogen-bond acceptors (Lipinski definition) is 6. The van der Waals surface area contributed by atoms with Gasteiger partial charge in [0.25, 0.3) is 0 Å². The van der Waals surface area contributed by atoms with Crippen LogP contribution in [0, 0.1) is 6.92 Å². The summed E-state index contributed by atoms with van der Waals surface area (Å²) >= 11 is 1.19. The molecular weight excluding hydrogens is 378 g/mol. The molecule has 0 saturated carbocycles. The predicted molar refractivity (Wildman–Crippen MR) is 105 cm³/mol. The maximum Gasteiger partial charge on any atom is 0.237 e. The smallest absolute Gasteiger partial charge is 0.237 e. The Labute approximate surface area is 166 Å². The number of carbonyl (C=O) groups is 2. The van der Waals surface area contributed by atoms with E-state index in [1.165, 1.54) is 11.8 Å². The van der Waals surface area contributed by atoms with Crippen molar-refractivity contribution in [3.63, 3.8) is 0 Å². The van der Waals surface area contributed by atoms with Crippen molar-refractivity contribution in [3.05, 3.63) is 54.0 Å². The number of aryl methyl sites for hydroxylation is 1. The molecular formula is C19H21N5O3S. The lowest BCUT2D eigenvalue weighted by Gasteiger charge is -2.11. The molecule has 146 valence electrons. The zero-order valence-electron chi connectivity index (χ0n) is 15.6. The van der Waals surface area contributed by atoms with E-state index in [0.717, 1.165) is 11.1 Å². The third-order valence-corrected chi connectivity index (χ3v) is 4.95. The second-order valence-corrected chi connectivity index (χ2v) is 7.26. The van der Waals surface area contributed by atoms with Gasteiger partial charge in [0.2, 0.25) is 11.8 Å². The van der Waals surface area contributed by atoms with Crippen molar-refractivity contribution in [1.29, 1.82) is 0 Å². The van der Waals surface area contributed by atoms with Crippen molar-refractivity contribution in [2.75, 3.05) is 5.75 Å². The lowest BCUT2D eigenvalue weighted by Crippen LogP contribution is -2.28. The number of amides is 2. The summed E-state index contributed by atoms with van der Waals surface area (Å²) in [4.78, 5) is 23.8. The van der Waals surface area contributed by atoms with Crippen LogP contribution in [-0.2, 0) is 16.1 Å². The molecule has 3 rings (SSSR count). The van der Waals surface area contributed by atoms with Crippen molar-refractivity contribution >= 4 is 23.6 Å². The van der Waals surface area contributed by atoms with Crippen molar-refractivity contribution in [1.82, 2.24) is 20.1 Å². The second-order valence-electron chi connectivity index (χ2n) is 6.32. The molecule has 0 bridgehead atoms. The Bertz CT molecular complexity index is 968. The SMILES string of the molecule is Cc1cccc(-c2nnc(SCC(=O)N[C@H](C)c3ccco3)n2CC(N)=O)c1. The van der Waals surface area contributed by atoms with Gasteiger partial charge in [0.15, 0.2) is 11.0 Å². The van der Waals surface area contributed by atoms with Crippen LogP contribution in [0.3, 0.4) is 0 Å². The fourth-order valence-electron chi connectivity index (χ4n) is 2.71. The molecule has 0 saturated heterocycles. The summed E-state index contributed by atoms with van der Waals surface area (Å²) in [7, 11) is 0. The van der Waals surface area contributed by atoms with E-state index in [2.05, 4.69) is 15.5 Å². The fraction of sp³-hybridized carbons (Fsp3) is 0.263. The summed E-state index contributed by atoms with van der Waals surface area (Å²) in [5, 5.41) is 11.7. The van der Waals surface area contributed by atoms with E-state index in [1.807, 2.05) is 38.1 Å². The number of nitrogens with two attached hydrogens (primary N) is 1. The van der Waals surface area contributed by atoms with Gasteiger partial charge in [0.1, 0.15) is 12.3 Å². The average Bonchev–Trinajstić information content (AvgIpc) is 3.30. The van der Waals surface area contributed by atoms with Crippen LogP contribution in [0.15, 0.2) is 52.2 Å². The Balaban J connectivity index is 1.72. The Morgan fingerprint density at radius 3 is 2.79 bits per heavy atom. The largest absolute Gasteiger partial charge is 0.467 e. The molecule has 0 aliphatic heterocycles.